The van der Waals surface area contributed by atoms with Gasteiger partial charge < -0.3 is 9.47 Å². The first kappa shape index (κ1) is 18.7. The molecule has 0 N–H and O–H groups in total. The van der Waals surface area contributed by atoms with Crippen LogP contribution in [0.15, 0.2) is 27.5 Å². The fourth-order valence-electron chi connectivity index (χ4n) is 1.52. The lowest BCUT2D eigenvalue weighted by Gasteiger charge is -2.15. The van der Waals surface area contributed by atoms with E-state index in [1.807, 2.05) is 0 Å². The SMILES string of the molecule is CC(C)OC(=O)c1cccc(OC(F)(F)F)c1S(=O)(=O)N=C=O. The van der Waals surface area contributed by atoms with Gasteiger partial charge >= 0.3 is 12.3 Å². The van der Waals surface area contributed by atoms with Crippen LogP contribution >= 0.6 is 0 Å². The molecule has 23 heavy (non-hydrogen) atoms. The molecule has 0 spiro atoms. The number of carbonyl (C=O) groups excluding carboxylic acids is 2. The molecule has 7 nitrogen and oxygen atoms in total. The van der Waals surface area contributed by atoms with Crippen molar-refractivity contribution in [1.82, 2.24) is 0 Å². The molecule has 1 rings (SSSR count). The summed E-state index contributed by atoms with van der Waals surface area (Å²) < 4.78 is 71.7. The third-order valence-corrected chi connectivity index (χ3v) is 3.43. The number of rotatable bonds is 5. The second-order valence-electron chi connectivity index (χ2n) is 4.29. The molecule has 11 heteroatoms. The third kappa shape index (κ3) is 5.08. The lowest BCUT2D eigenvalue weighted by atomic mass is 10.2. The highest BCUT2D eigenvalue weighted by Crippen LogP contribution is 2.33. The van der Waals surface area contributed by atoms with E-state index >= 15 is 0 Å². The van der Waals surface area contributed by atoms with E-state index in [0.717, 1.165) is 12.1 Å². The molecule has 1 aromatic rings. The van der Waals surface area contributed by atoms with Gasteiger partial charge in [-0.25, -0.2) is 9.59 Å². The van der Waals surface area contributed by atoms with Gasteiger partial charge in [-0.3, -0.25) is 0 Å². The molecule has 0 fully saturated rings. The van der Waals surface area contributed by atoms with E-state index in [9.17, 15) is 31.2 Å². The smallest absolute Gasteiger partial charge is 0.459 e. The Labute approximate surface area is 128 Å². The topological polar surface area (TPSA) is 99.1 Å². The third-order valence-electron chi connectivity index (χ3n) is 2.18. The molecule has 126 valence electrons. The first-order valence-corrected chi connectivity index (χ1v) is 7.36. The molecule has 0 aliphatic rings. The normalized spacial score (nSPS) is 11.7. The van der Waals surface area contributed by atoms with Crippen molar-refractivity contribution in [2.45, 2.75) is 31.2 Å². The number of hydrogen-bond donors (Lipinski definition) is 0. The highest BCUT2D eigenvalue weighted by Gasteiger charge is 2.36. The molecule has 0 saturated heterocycles. The lowest BCUT2D eigenvalue weighted by molar-refractivity contribution is -0.275. The van der Waals surface area contributed by atoms with Crippen LogP contribution in [0.1, 0.15) is 24.2 Å². The van der Waals surface area contributed by atoms with Crippen LogP contribution in [-0.4, -0.2) is 32.9 Å². The lowest BCUT2D eigenvalue weighted by Crippen LogP contribution is -2.21. The second kappa shape index (κ2) is 6.80. The van der Waals surface area contributed by atoms with Crippen LogP contribution in [0.3, 0.4) is 0 Å². The minimum absolute atomic E-state index is 0.660. The van der Waals surface area contributed by atoms with Gasteiger partial charge in [0.05, 0.1) is 11.7 Å². The van der Waals surface area contributed by atoms with Crippen molar-refractivity contribution in [3.63, 3.8) is 0 Å². The molecule has 0 radical (unpaired) electrons. The standard InChI is InChI=1S/C12H10F3NO6S/c1-7(2)21-11(18)8-4-3-5-9(22-12(13,14)15)10(8)23(19,20)16-6-17/h3-5,7H,1-2H3. The van der Waals surface area contributed by atoms with Gasteiger partial charge in [-0.05, 0) is 26.0 Å². The maximum Gasteiger partial charge on any atom is 0.573 e. The summed E-state index contributed by atoms with van der Waals surface area (Å²) in [5, 5.41) is 0. The number of alkyl halides is 3. The first-order valence-electron chi connectivity index (χ1n) is 5.92. The van der Waals surface area contributed by atoms with Crippen LogP contribution in [0.25, 0.3) is 0 Å². The molecule has 0 unspecified atom stereocenters. The van der Waals surface area contributed by atoms with Crippen LogP contribution in [0.4, 0.5) is 13.2 Å². The van der Waals surface area contributed by atoms with Crippen molar-refractivity contribution < 1.29 is 40.7 Å². The molecular formula is C12H10F3NO6S. The van der Waals surface area contributed by atoms with Crippen LogP contribution in [-0.2, 0) is 19.6 Å². The summed E-state index contributed by atoms with van der Waals surface area (Å²) in [4.78, 5) is 20.8. The van der Waals surface area contributed by atoms with Crippen LogP contribution in [0.5, 0.6) is 5.75 Å². The second-order valence-corrected chi connectivity index (χ2v) is 5.83. The van der Waals surface area contributed by atoms with Gasteiger partial charge in [0, 0.05) is 0 Å². The zero-order chi connectivity index (χ0) is 17.8. The number of esters is 1. The molecule has 1 aromatic carbocycles. The summed E-state index contributed by atoms with van der Waals surface area (Å²) >= 11 is 0. The van der Waals surface area contributed by atoms with E-state index in [4.69, 9.17) is 4.74 Å². The highest BCUT2D eigenvalue weighted by atomic mass is 32.2. The number of sulfonamides is 1. The molecule has 0 amide bonds. The molecular weight excluding hydrogens is 343 g/mol. The highest BCUT2D eigenvalue weighted by molar-refractivity contribution is 7.90. The van der Waals surface area contributed by atoms with Crippen LogP contribution in [0.2, 0.25) is 0 Å². The van der Waals surface area contributed by atoms with Gasteiger partial charge in [-0.15, -0.1) is 13.2 Å². The monoisotopic (exact) mass is 353 g/mol. The Bertz CT molecular complexity index is 751. The van der Waals surface area contributed by atoms with E-state index in [1.54, 1.807) is 0 Å². The van der Waals surface area contributed by atoms with Crippen LogP contribution in [0, 0.1) is 0 Å². The number of halogens is 3. The molecule has 0 bridgehead atoms. The number of benzene rings is 1. The van der Waals surface area contributed by atoms with Crippen molar-refractivity contribution in [2.24, 2.45) is 4.40 Å². The van der Waals surface area contributed by atoms with Crippen molar-refractivity contribution in [3.8, 4) is 5.75 Å². The number of ether oxygens (including phenoxy) is 2. The Morgan fingerprint density at radius 3 is 2.39 bits per heavy atom. The molecule has 0 atom stereocenters. The Balaban J connectivity index is 3.62. The summed E-state index contributed by atoms with van der Waals surface area (Å²) in [6.07, 6.45) is -5.19. The molecule has 0 aromatic heterocycles. The maximum atomic E-state index is 12.4. The summed E-state index contributed by atoms with van der Waals surface area (Å²) in [6.45, 7) is 2.90. The van der Waals surface area contributed by atoms with Crippen molar-refractivity contribution >= 4 is 22.1 Å². The predicted octanol–water partition coefficient (Wildman–Crippen LogP) is 2.17. The fourth-order valence-corrected chi connectivity index (χ4v) is 2.50. The summed E-state index contributed by atoms with van der Waals surface area (Å²) in [7, 11) is -4.95. The molecule has 0 aliphatic heterocycles. The average molecular weight is 353 g/mol. The number of carbonyl (C=O) groups is 1. The zero-order valence-corrected chi connectivity index (χ0v) is 12.6. The fraction of sp³-hybridized carbons (Fsp3) is 0.333. The predicted molar refractivity (Wildman–Crippen MR) is 69.0 cm³/mol. The van der Waals surface area contributed by atoms with Gasteiger partial charge in [-0.1, -0.05) is 10.5 Å². The molecule has 0 heterocycles. The summed E-state index contributed by atoms with van der Waals surface area (Å²) in [5.41, 5.74) is -0.751. The van der Waals surface area contributed by atoms with E-state index in [-0.39, 0.29) is 0 Å². The van der Waals surface area contributed by atoms with Crippen LogP contribution < -0.4 is 4.74 Å². The van der Waals surface area contributed by atoms with Gasteiger partial charge in [0.2, 0.25) is 0 Å². The quantitative estimate of drug-likeness (QED) is 0.457. The number of nitrogens with zero attached hydrogens (tertiary/aromatic N) is 1. The minimum Gasteiger partial charge on any atom is -0.459 e. The van der Waals surface area contributed by atoms with Crippen molar-refractivity contribution in [1.29, 1.82) is 0 Å². The zero-order valence-electron chi connectivity index (χ0n) is 11.7. The van der Waals surface area contributed by atoms with E-state index in [2.05, 4.69) is 9.13 Å². The summed E-state index contributed by atoms with van der Waals surface area (Å²) in [5.74, 6) is -2.43. The Hall–Kier alpha value is -2.39. The van der Waals surface area contributed by atoms with Gasteiger partial charge in [0.25, 0.3) is 16.1 Å². The van der Waals surface area contributed by atoms with E-state index in [0.29, 0.717) is 12.1 Å². The molecule has 0 saturated carbocycles. The van der Waals surface area contributed by atoms with Crippen molar-refractivity contribution in [3.05, 3.63) is 23.8 Å². The summed E-state index contributed by atoms with van der Waals surface area (Å²) in [6, 6.07) is 2.52. The van der Waals surface area contributed by atoms with Gasteiger partial charge in [0.1, 0.15) is 4.90 Å². The average Bonchev–Trinajstić information content (AvgIpc) is 2.35. The van der Waals surface area contributed by atoms with Gasteiger partial charge in [0.15, 0.2) is 5.75 Å². The number of hydrogen-bond acceptors (Lipinski definition) is 6. The minimum atomic E-state index is -5.23. The first-order chi connectivity index (χ1) is 10.5. The molecule has 0 aliphatic carbocycles. The van der Waals surface area contributed by atoms with Crippen molar-refractivity contribution in [2.75, 3.05) is 0 Å². The van der Waals surface area contributed by atoms with Gasteiger partial charge in [-0.2, -0.15) is 8.42 Å². The Kier molecular flexibility index (Phi) is 5.51. The number of isocyanates is 1. The maximum absolute atomic E-state index is 12.4. The Morgan fingerprint density at radius 2 is 1.91 bits per heavy atom. The van der Waals surface area contributed by atoms with E-state index in [1.165, 1.54) is 13.8 Å². The van der Waals surface area contributed by atoms with E-state index < -0.39 is 44.7 Å². The largest absolute Gasteiger partial charge is 0.573 e. The Morgan fingerprint density at radius 1 is 1.30 bits per heavy atom.